The third kappa shape index (κ3) is 20.9. The van der Waals surface area contributed by atoms with E-state index in [0.717, 1.165) is 44.9 Å². The van der Waals surface area contributed by atoms with Gasteiger partial charge in [-0.2, -0.15) is 8.42 Å². The second-order valence-electron chi connectivity index (χ2n) is 6.49. The van der Waals surface area contributed by atoms with Gasteiger partial charge in [-0.1, -0.05) is 63.3 Å². The molecular weight excluding hydrogens is 352 g/mol. The molecule has 0 aromatic carbocycles. The van der Waals surface area contributed by atoms with Crippen LogP contribution in [0.2, 0.25) is 0 Å². The number of hydrogen-bond donors (Lipinski definition) is 1. The Morgan fingerprint density at radius 3 is 2.08 bits per heavy atom. The summed E-state index contributed by atoms with van der Waals surface area (Å²) in [6.07, 6.45) is 21.6. The Bertz CT molecular complexity index is 494. The zero-order valence-corrected chi connectivity index (χ0v) is 17.0. The van der Waals surface area contributed by atoms with Crippen LogP contribution >= 0.6 is 0 Å². The number of rotatable bonds is 17. The smallest absolute Gasteiger partial charge is 0.305 e. The third-order valence-electron chi connectivity index (χ3n) is 3.94. The fourth-order valence-electron chi connectivity index (χ4n) is 2.41. The van der Waals surface area contributed by atoms with Gasteiger partial charge in [0.25, 0.3) is 10.1 Å². The van der Waals surface area contributed by atoms with Crippen LogP contribution < -0.4 is 0 Å². The van der Waals surface area contributed by atoms with Crippen molar-refractivity contribution in [2.24, 2.45) is 0 Å². The van der Waals surface area contributed by atoms with E-state index in [1.165, 1.54) is 25.7 Å². The van der Waals surface area contributed by atoms with Crippen molar-refractivity contribution in [3.63, 3.8) is 0 Å². The van der Waals surface area contributed by atoms with Crippen LogP contribution in [-0.2, 0) is 19.6 Å². The highest BCUT2D eigenvalue weighted by molar-refractivity contribution is 7.85. The number of carbonyl (C=O) groups excluding carboxylic acids is 1. The van der Waals surface area contributed by atoms with Gasteiger partial charge in [0.2, 0.25) is 0 Å². The summed E-state index contributed by atoms with van der Waals surface area (Å²) in [5.74, 6) is -0.944. The van der Waals surface area contributed by atoms with Crippen LogP contribution in [0.5, 0.6) is 0 Å². The first-order valence-electron chi connectivity index (χ1n) is 9.86. The van der Waals surface area contributed by atoms with E-state index in [-0.39, 0.29) is 6.61 Å². The number of esters is 1. The van der Waals surface area contributed by atoms with E-state index in [1.54, 1.807) is 0 Å². The normalized spacial score (nSPS) is 12.2. The molecular formula is C20H36O5S. The lowest BCUT2D eigenvalue weighted by Gasteiger charge is -2.03. The first kappa shape index (κ1) is 24.9. The molecule has 0 aliphatic rings. The topological polar surface area (TPSA) is 80.7 Å². The third-order valence-corrected chi connectivity index (χ3v) is 4.62. The molecule has 152 valence electrons. The average molecular weight is 389 g/mol. The zero-order valence-electron chi connectivity index (χ0n) is 16.2. The van der Waals surface area contributed by atoms with Gasteiger partial charge >= 0.3 is 5.97 Å². The molecule has 0 aliphatic carbocycles. The number of allylic oxidation sites excluding steroid dienone is 4. The minimum Gasteiger partial charge on any atom is -0.464 e. The van der Waals surface area contributed by atoms with Crippen LogP contribution in [0.1, 0.15) is 84.0 Å². The average Bonchev–Trinajstić information content (AvgIpc) is 2.57. The van der Waals surface area contributed by atoms with Crippen molar-refractivity contribution in [1.82, 2.24) is 0 Å². The van der Waals surface area contributed by atoms with E-state index < -0.39 is 21.8 Å². The summed E-state index contributed by atoms with van der Waals surface area (Å²) < 4.78 is 34.2. The van der Waals surface area contributed by atoms with E-state index in [4.69, 9.17) is 9.29 Å². The van der Waals surface area contributed by atoms with Crippen molar-refractivity contribution >= 4 is 16.1 Å². The summed E-state index contributed by atoms with van der Waals surface area (Å²) in [5, 5.41) is 0. The molecule has 0 bridgehead atoms. The molecule has 0 rings (SSSR count). The van der Waals surface area contributed by atoms with Crippen molar-refractivity contribution in [3.8, 4) is 0 Å². The first-order valence-corrected chi connectivity index (χ1v) is 11.5. The predicted molar refractivity (Wildman–Crippen MR) is 107 cm³/mol. The van der Waals surface area contributed by atoms with Gasteiger partial charge in [-0.05, 0) is 38.5 Å². The van der Waals surface area contributed by atoms with E-state index in [0.29, 0.717) is 6.42 Å². The molecule has 0 aliphatic heterocycles. The summed E-state index contributed by atoms with van der Waals surface area (Å²) in [6, 6.07) is 0. The van der Waals surface area contributed by atoms with E-state index in [2.05, 4.69) is 31.2 Å². The molecule has 0 heterocycles. The molecule has 0 aromatic heterocycles. The number of ether oxygens (including phenoxy) is 1. The van der Waals surface area contributed by atoms with Gasteiger partial charge in [0.15, 0.2) is 0 Å². The monoisotopic (exact) mass is 388 g/mol. The van der Waals surface area contributed by atoms with Gasteiger partial charge in [0.05, 0.1) is 0 Å². The minimum absolute atomic E-state index is 0.280. The Kier molecular flexibility index (Phi) is 16.5. The standard InChI is InChI=1S/C20H36O5S/c1-2-3-4-5-6-7-8-9-10-11-12-13-14-15-16-17-20(21)25-18-19-26(22,23)24/h6-7,9-10H,2-5,8,11-19H2,1H3,(H,22,23,24)/b7-6+,10-9+. The quantitative estimate of drug-likeness (QED) is 0.160. The van der Waals surface area contributed by atoms with E-state index >= 15 is 0 Å². The van der Waals surface area contributed by atoms with Gasteiger partial charge in [0, 0.05) is 6.42 Å². The van der Waals surface area contributed by atoms with Crippen molar-refractivity contribution in [2.45, 2.75) is 84.0 Å². The van der Waals surface area contributed by atoms with E-state index in [9.17, 15) is 13.2 Å². The van der Waals surface area contributed by atoms with Gasteiger partial charge in [-0.3, -0.25) is 9.35 Å². The fourth-order valence-corrected chi connectivity index (χ4v) is 2.71. The molecule has 5 nitrogen and oxygen atoms in total. The molecule has 0 radical (unpaired) electrons. The molecule has 0 atom stereocenters. The van der Waals surface area contributed by atoms with Gasteiger partial charge in [0.1, 0.15) is 12.4 Å². The second-order valence-corrected chi connectivity index (χ2v) is 8.06. The molecule has 1 N–H and O–H groups in total. The number of hydrogen-bond acceptors (Lipinski definition) is 4. The molecule has 26 heavy (non-hydrogen) atoms. The summed E-state index contributed by atoms with van der Waals surface area (Å²) in [5.41, 5.74) is 0. The highest BCUT2D eigenvalue weighted by Crippen LogP contribution is 2.08. The van der Waals surface area contributed by atoms with Gasteiger partial charge in [-0.25, -0.2) is 0 Å². The van der Waals surface area contributed by atoms with Crippen LogP contribution in [0.4, 0.5) is 0 Å². The summed E-state index contributed by atoms with van der Waals surface area (Å²) >= 11 is 0. The lowest BCUT2D eigenvalue weighted by atomic mass is 10.1. The lowest BCUT2D eigenvalue weighted by Crippen LogP contribution is -2.14. The van der Waals surface area contributed by atoms with Gasteiger partial charge < -0.3 is 4.74 Å². The van der Waals surface area contributed by atoms with Crippen molar-refractivity contribution in [1.29, 1.82) is 0 Å². The van der Waals surface area contributed by atoms with Crippen LogP contribution in [0.15, 0.2) is 24.3 Å². The van der Waals surface area contributed by atoms with Crippen LogP contribution in [-0.4, -0.2) is 31.3 Å². The largest absolute Gasteiger partial charge is 0.464 e. The number of carbonyl (C=O) groups is 1. The Balaban J connectivity index is 3.35. The molecule has 0 unspecified atom stereocenters. The van der Waals surface area contributed by atoms with Crippen LogP contribution in [0, 0.1) is 0 Å². The maximum absolute atomic E-state index is 11.3. The van der Waals surface area contributed by atoms with Crippen LogP contribution in [0.25, 0.3) is 0 Å². The van der Waals surface area contributed by atoms with Crippen molar-refractivity contribution in [3.05, 3.63) is 24.3 Å². The highest BCUT2D eigenvalue weighted by Gasteiger charge is 2.07. The zero-order chi connectivity index (χ0) is 19.5. The molecule has 0 saturated carbocycles. The molecule has 0 spiro atoms. The molecule has 0 fully saturated rings. The van der Waals surface area contributed by atoms with Crippen molar-refractivity contribution in [2.75, 3.05) is 12.4 Å². The SMILES string of the molecule is CCCCC/C=C/C/C=C/CCCCCCCC(=O)OCCS(=O)(=O)O. The Morgan fingerprint density at radius 1 is 0.885 bits per heavy atom. The fraction of sp³-hybridized carbons (Fsp3) is 0.750. The van der Waals surface area contributed by atoms with Gasteiger partial charge in [-0.15, -0.1) is 0 Å². The first-order chi connectivity index (χ1) is 12.5. The second kappa shape index (κ2) is 17.3. The predicted octanol–water partition coefficient (Wildman–Crippen LogP) is 5.23. The molecule has 0 aromatic rings. The maximum atomic E-state index is 11.3. The summed E-state index contributed by atoms with van der Waals surface area (Å²) in [6.45, 7) is 1.94. The lowest BCUT2D eigenvalue weighted by molar-refractivity contribution is -0.143. The number of unbranched alkanes of at least 4 members (excludes halogenated alkanes) is 8. The molecule has 6 heteroatoms. The van der Waals surface area contributed by atoms with Crippen LogP contribution in [0.3, 0.4) is 0 Å². The Labute approximate surface area is 159 Å². The molecule has 0 amide bonds. The maximum Gasteiger partial charge on any atom is 0.305 e. The Hall–Kier alpha value is -1.14. The summed E-state index contributed by atoms with van der Waals surface area (Å²) in [7, 11) is -4.06. The Morgan fingerprint density at radius 2 is 1.46 bits per heavy atom. The molecule has 0 saturated heterocycles. The minimum atomic E-state index is -4.06. The highest BCUT2D eigenvalue weighted by atomic mass is 32.2. The summed E-state index contributed by atoms with van der Waals surface area (Å²) in [4.78, 5) is 11.3. The van der Waals surface area contributed by atoms with E-state index in [1.807, 2.05) is 0 Å². The van der Waals surface area contributed by atoms with Crippen molar-refractivity contribution < 1.29 is 22.5 Å².